The number of carbonyl (C=O) groups excluding carboxylic acids is 1. The third kappa shape index (κ3) is 4.31. The molecule has 8 rings (SSSR count). The molecule has 1 saturated heterocycles. The molecule has 0 radical (unpaired) electrons. The van der Waals surface area contributed by atoms with Gasteiger partial charge >= 0.3 is 0 Å². The van der Waals surface area contributed by atoms with Gasteiger partial charge in [0, 0.05) is 36.3 Å². The second kappa shape index (κ2) is 9.17. The number of nitrogens with one attached hydrogen (secondary N) is 2. The Balaban J connectivity index is 1.13. The predicted molar refractivity (Wildman–Crippen MR) is 160 cm³/mol. The van der Waals surface area contributed by atoms with Crippen LogP contribution in [0.5, 0.6) is 5.88 Å². The summed E-state index contributed by atoms with van der Waals surface area (Å²) in [5.41, 5.74) is 1.05. The molecule has 43 heavy (non-hydrogen) atoms. The molecule has 11 nitrogen and oxygen atoms in total. The van der Waals surface area contributed by atoms with E-state index in [4.69, 9.17) is 9.72 Å². The summed E-state index contributed by atoms with van der Waals surface area (Å²) in [6, 6.07) is 10.0. The molecule has 2 aliphatic heterocycles. The van der Waals surface area contributed by atoms with E-state index >= 15 is 0 Å². The maximum atomic E-state index is 13.7. The summed E-state index contributed by atoms with van der Waals surface area (Å²) in [4.78, 5) is 25.1. The first-order chi connectivity index (χ1) is 20.6. The van der Waals surface area contributed by atoms with E-state index in [-0.39, 0.29) is 22.2 Å². The molecule has 4 fully saturated rings. The lowest BCUT2D eigenvalue weighted by molar-refractivity contribution is 0.0981. The third-order valence-corrected chi connectivity index (χ3v) is 11.9. The molecule has 3 saturated carbocycles. The van der Waals surface area contributed by atoms with Gasteiger partial charge in [-0.05, 0) is 100 Å². The first-order valence-electron chi connectivity index (χ1n) is 15.4. The highest BCUT2D eigenvalue weighted by Crippen LogP contribution is 2.92. The lowest BCUT2D eigenvalue weighted by Gasteiger charge is -2.38. The molecule has 1 atom stereocenters. The Kier molecular flexibility index (Phi) is 5.74. The van der Waals surface area contributed by atoms with Crippen molar-refractivity contribution in [2.75, 3.05) is 23.4 Å². The van der Waals surface area contributed by atoms with E-state index in [1.165, 1.54) is 31.7 Å². The molecule has 5 heterocycles. The number of fused-ring (bicyclic) bond motifs is 6. The number of rotatable bonds is 4. The molecular formula is C31H37N7O4S. The largest absolute Gasteiger partial charge is 0.476 e. The number of aromatic nitrogens is 4. The summed E-state index contributed by atoms with van der Waals surface area (Å²) in [6.07, 6.45) is 10.8. The van der Waals surface area contributed by atoms with Crippen molar-refractivity contribution in [3.8, 4) is 11.7 Å². The van der Waals surface area contributed by atoms with E-state index in [0.717, 1.165) is 25.7 Å². The van der Waals surface area contributed by atoms with E-state index in [0.29, 0.717) is 53.2 Å². The smallest absolute Gasteiger partial charge is 0.281 e. The summed E-state index contributed by atoms with van der Waals surface area (Å²) in [5, 5.41) is 7.68. The van der Waals surface area contributed by atoms with Crippen molar-refractivity contribution in [3.63, 3.8) is 0 Å². The zero-order chi connectivity index (χ0) is 29.6. The lowest BCUT2D eigenvalue weighted by atomic mass is 10.0. The van der Waals surface area contributed by atoms with Crippen LogP contribution in [0.15, 0.2) is 47.6 Å². The van der Waals surface area contributed by atoms with Crippen molar-refractivity contribution < 1.29 is 17.9 Å². The van der Waals surface area contributed by atoms with Gasteiger partial charge in [-0.1, -0.05) is 6.07 Å². The molecule has 5 aliphatic rings. The number of hydrogen-bond donors (Lipinski definition) is 2. The minimum Gasteiger partial charge on any atom is -0.476 e. The van der Waals surface area contributed by atoms with Crippen molar-refractivity contribution in [2.45, 2.75) is 81.8 Å². The van der Waals surface area contributed by atoms with E-state index in [2.05, 4.69) is 38.9 Å². The Bertz CT molecular complexity index is 1710. The first-order valence-corrected chi connectivity index (χ1v) is 16.9. The van der Waals surface area contributed by atoms with Crippen LogP contribution < -0.4 is 19.7 Å². The van der Waals surface area contributed by atoms with Crippen molar-refractivity contribution >= 4 is 27.6 Å². The minimum absolute atomic E-state index is 0.129. The summed E-state index contributed by atoms with van der Waals surface area (Å²) >= 11 is 0. The summed E-state index contributed by atoms with van der Waals surface area (Å²) < 4.78 is 36.5. The Morgan fingerprint density at radius 3 is 2.56 bits per heavy atom. The SMILES string of the molecule is CC1(C)CC[C@H]2CCCNc3cccc(n3)S(=O)(=O)NC(=O)c3ccc(-n4ccc(OCC5C6(CC6)C56CC6)n4)nc3N21. The van der Waals surface area contributed by atoms with Crippen LogP contribution in [0.3, 0.4) is 0 Å². The molecule has 0 aromatic carbocycles. The van der Waals surface area contributed by atoms with E-state index in [9.17, 15) is 13.2 Å². The van der Waals surface area contributed by atoms with Crippen LogP contribution in [0.25, 0.3) is 5.82 Å². The summed E-state index contributed by atoms with van der Waals surface area (Å²) in [6.45, 7) is 5.65. The van der Waals surface area contributed by atoms with Gasteiger partial charge < -0.3 is 15.0 Å². The Hall–Kier alpha value is -3.67. The monoisotopic (exact) mass is 603 g/mol. The van der Waals surface area contributed by atoms with Crippen LogP contribution in [-0.4, -0.2) is 58.8 Å². The number of sulfonamides is 1. The highest BCUT2D eigenvalue weighted by atomic mass is 32.2. The van der Waals surface area contributed by atoms with Crippen molar-refractivity contribution in [1.29, 1.82) is 0 Å². The van der Waals surface area contributed by atoms with Crippen LogP contribution >= 0.6 is 0 Å². The quantitative estimate of drug-likeness (QED) is 0.448. The van der Waals surface area contributed by atoms with E-state index < -0.39 is 15.9 Å². The number of hydrogen-bond acceptors (Lipinski definition) is 9. The fourth-order valence-electron chi connectivity index (χ4n) is 8.17. The fourth-order valence-corrected chi connectivity index (χ4v) is 9.11. The lowest BCUT2D eigenvalue weighted by Crippen LogP contribution is -2.45. The predicted octanol–water partition coefficient (Wildman–Crippen LogP) is 4.30. The van der Waals surface area contributed by atoms with Gasteiger partial charge in [0.25, 0.3) is 15.9 Å². The molecule has 3 aliphatic carbocycles. The van der Waals surface area contributed by atoms with Gasteiger partial charge in [0.2, 0.25) is 5.88 Å². The number of anilines is 2. The van der Waals surface area contributed by atoms with Crippen LogP contribution in [0.2, 0.25) is 0 Å². The molecule has 12 heteroatoms. The van der Waals surface area contributed by atoms with Gasteiger partial charge in [-0.15, -0.1) is 5.10 Å². The maximum absolute atomic E-state index is 13.7. The molecule has 226 valence electrons. The molecule has 2 N–H and O–H groups in total. The molecule has 3 aromatic heterocycles. The minimum atomic E-state index is -4.22. The second-order valence-corrected chi connectivity index (χ2v) is 15.2. The highest BCUT2D eigenvalue weighted by Gasteiger charge is 2.86. The summed E-state index contributed by atoms with van der Waals surface area (Å²) in [5.74, 6) is 1.92. The average molecular weight is 604 g/mol. The van der Waals surface area contributed by atoms with Crippen molar-refractivity contribution in [2.24, 2.45) is 16.7 Å². The van der Waals surface area contributed by atoms with Gasteiger partial charge in [0.05, 0.1) is 12.2 Å². The zero-order valence-electron chi connectivity index (χ0n) is 24.5. The average Bonchev–Trinajstić information content (AvgIpc) is 3.93. The molecular weight excluding hydrogens is 566 g/mol. The van der Waals surface area contributed by atoms with Crippen molar-refractivity contribution in [3.05, 3.63) is 48.2 Å². The van der Waals surface area contributed by atoms with Gasteiger partial charge in [-0.25, -0.2) is 19.4 Å². The van der Waals surface area contributed by atoms with Gasteiger partial charge in [0.1, 0.15) is 11.6 Å². The summed E-state index contributed by atoms with van der Waals surface area (Å²) in [7, 11) is -4.22. The van der Waals surface area contributed by atoms with Crippen LogP contribution in [-0.2, 0) is 10.0 Å². The standard InChI is InChI=1S/C31H37N7O4S/c1-29(2)12-10-20-5-4-17-32-23-6-3-7-26(33-23)43(40,41)36-28(39)21-8-9-24(34-27(21)38(20)29)37-18-11-25(35-37)42-19-22-30(13-14-30)31(22)15-16-31/h3,6-9,11,18,20,22H,4-5,10,12-17,19H2,1-2H3,(H,32,33)(H,36,39)/t20-/m1/s1. The number of nitrogens with zero attached hydrogens (tertiary/aromatic N) is 5. The topological polar surface area (TPSA) is 131 Å². The fraction of sp³-hybridized carbons (Fsp3) is 0.548. The highest BCUT2D eigenvalue weighted by molar-refractivity contribution is 7.90. The number of amides is 1. The van der Waals surface area contributed by atoms with Crippen LogP contribution in [0, 0.1) is 16.7 Å². The molecule has 1 amide bonds. The number of ether oxygens (including phenoxy) is 1. The molecule has 3 aromatic rings. The van der Waals surface area contributed by atoms with E-state index in [1.54, 1.807) is 28.9 Å². The molecule has 0 unspecified atom stereocenters. The molecule has 2 spiro atoms. The Morgan fingerprint density at radius 1 is 1.00 bits per heavy atom. The number of pyridine rings is 2. The van der Waals surface area contributed by atoms with Crippen LogP contribution in [0.4, 0.5) is 11.6 Å². The van der Waals surface area contributed by atoms with Gasteiger partial charge in [-0.3, -0.25) is 4.79 Å². The molecule has 2 bridgehead atoms. The van der Waals surface area contributed by atoms with Crippen LogP contribution in [0.1, 0.15) is 75.6 Å². The Labute approximate surface area is 251 Å². The van der Waals surface area contributed by atoms with Gasteiger partial charge in [0.15, 0.2) is 10.8 Å². The maximum Gasteiger partial charge on any atom is 0.281 e. The van der Waals surface area contributed by atoms with Gasteiger partial charge in [-0.2, -0.15) is 8.42 Å². The van der Waals surface area contributed by atoms with Crippen molar-refractivity contribution in [1.82, 2.24) is 24.5 Å². The third-order valence-electron chi connectivity index (χ3n) is 10.7. The normalized spacial score (nSPS) is 25.7. The number of carbonyl (C=O) groups is 1. The zero-order valence-corrected chi connectivity index (χ0v) is 25.4. The first kappa shape index (κ1) is 26.9. The van der Waals surface area contributed by atoms with E-state index in [1.807, 2.05) is 12.3 Å². The Morgan fingerprint density at radius 2 is 1.79 bits per heavy atom. The second-order valence-electron chi connectivity index (χ2n) is 13.6.